The van der Waals surface area contributed by atoms with E-state index in [0.717, 1.165) is 34.9 Å². The number of hydrogen-bond donors (Lipinski definition) is 1. The lowest BCUT2D eigenvalue weighted by molar-refractivity contribution is 0.0697. The van der Waals surface area contributed by atoms with Crippen LogP contribution in [0.2, 0.25) is 0 Å². The van der Waals surface area contributed by atoms with Gasteiger partial charge in [-0.15, -0.1) is 0 Å². The Hall–Kier alpha value is -2.62. The van der Waals surface area contributed by atoms with Crippen LogP contribution in [0.15, 0.2) is 48.8 Å². The molecule has 3 aromatic rings. The summed E-state index contributed by atoms with van der Waals surface area (Å²) in [6, 6.07) is 11.1. The van der Waals surface area contributed by atoms with Gasteiger partial charge in [-0.25, -0.2) is 4.79 Å². The fraction of sp³-hybridized carbons (Fsp3) is 0.176. The molecule has 0 saturated carbocycles. The molecule has 0 bridgehead atoms. The van der Waals surface area contributed by atoms with Crippen LogP contribution in [-0.4, -0.2) is 20.9 Å². The number of carbonyl (C=O) groups is 1. The van der Waals surface area contributed by atoms with Gasteiger partial charge in [0.25, 0.3) is 0 Å². The molecule has 1 aromatic heterocycles. The van der Waals surface area contributed by atoms with E-state index in [9.17, 15) is 4.79 Å². The van der Waals surface area contributed by atoms with Gasteiger partial charge in [0.1, 0.15) is 0 Å². The minimum Gasteiger partial charge on any atom is -0.478 e. The Balaban J connectivity index is 2.11. The molecule has 4 heteroatoms. The molecule has 0 amide bonds. The van der Waals surface area contributed by atoms with Crippen molar-refractivity contribution in [1.29, 1.82) is 0 Å². The zero-order valence-electron chi connectivity index (χ0n) is 11.8. The number of nitrogens with zero attached hydrogens (tertiary/aromatic N) is 2. The first kappa shape index (κ1) is 13.4. The molecule has 4 nitrogen and oxygen atoms in total. The molecule has 0 aliphatic carbocycles. The Morgan fingerprint density at radius 3 is 2.90 bits per heavy atom. The molecule has 1 heterocycles. The average molecular weight is 280 g/mol. The van der Waals surface area contributed by atoms with Crippen LogP contribution in [0, 0.1) is 0 Å². The van der Waals surface area contributed by atoms with Crippen molar-refractivity contribution in [2.24, 2.45) is 0 Å². The Bertz CT molecular complexity index is 805. The summed E-state index contributed by atoms with van der Waals surface area (Å²) in [5, 5.41) is 15.4. The van der Waals surface area contributed by atoms with Crippen LogP contribution >= 0.6 is 0 Å². The van der Waals surface area contributed by atoms with Crippen molar-refractivity contribution in [3.8, 4) is 11.1 Å². The Kier molecular flexibility index (Phi) is 3.44. The van der Waals surface area contributed by atoms with E-state index in [1.54, 1.807) is 12.1 Å². The molecule has 3 rings (SSSR count). The summed E-state index contributed by atoms with van der Waals surface area (Å²) in [7, 11) is 0. The summed E-state index contributed by atoms with van der Waals surface area (Å²) in [4.78, 5) is 11.1. The highest BCUT2D eigenvalue weighted by molar-refractivity contribution is 6.00. The van der Waals surface area contributed by atoms with Gasteiger partial charge in [0.15, 0.2) is 0 Å². The third-order valence-electron chi connectivity index (χ3n) is 3.52. The van der Waals surface area contributed by atoms with E-state index in [-0.39, 0.29) is 0 Å². The van der Waals surface area contributed by atoms with Crippen molar-refractivity contribution < 1.29 is 9.90 Å². The third-order valence-corrected chi connectivity index (χ3v) is 3.52. The number of benzene rings is 2. The van der Waals surface area contributed by atoms with E-state index in [1.807, 2.05) is 41.3 Å². The molecule has 0 spiro atoms. The van der Waals surface area contributed by atoms with Gasteiger partial charge in [0.05, 0.1) is 11.8 Å². The maximum atomic E-state index is 11.1. The molecule has 106 valence electrons. The molecule has 0 atom stereocenters. The monoisotopic (exact) mass is 280 g/mol. The van der Waals surface area contributed by atoms with Gasteiger partial charge >= 0.3 is 5.97 Å². The van der Waals surface area contributed by atoms with Crippen molar-refractivity contribution in [2.45, 2.75) is 19.9 Å². The second kappa shape index (κ2) is 5.40. The molecule has 0 aliphatic rings. The summed E-state index contributed by atoms with van der Waals surface area (Å²) in [5.41, 5.74) is 2.44. The first-order valence-electron chi connectivity index (χ1n) is 6.98. The first-order chi connectivity index (χ1) is 10.2. The average Bonchev–Trinajstić information content (AvgIpc) is 2.95. The lowest BCUT2D eigenvalue weighted by Gasteiger charge is -2.05. The van der Waals surface area contributed by atoms with E-state index >= 15 is 0 Å². The number of aryl methyl sites for hydroxylation is 1. The van der Waals surface area contributed by atoms with Crippen molar-refractivity contribution in [2.75, 3.05) is 0 Å². The highest BCUT2D eigenvalue weighted by atomic mass is 16.4. The van der Waals surface area contributed by atoms with Crippen LogP contribution in [0.4, 0.5) is 0 Å². The minimum atomic E-state index is -0.905. The van der Waals surface area contributed by atoms with E-state index in [4.69, 9.17) is 5.11 Å². The SMILES string of the molecule is CCCn1cc(-c2cccc3cc(C(=O)O)ccc23)cn1. The lowest BCUT2D eigenvalue weighted by Crippen LogP contribution is -1.96. The maximum absolute atomic E-state index is 11.1. The predicted octanol–water partition coefficient (Wildman–Crippen LogP) is 3.81. The zero-order valence-corrected chi connectivity index (χ0v) is 11.8. The van der Waals surface area contributed by atoms with Crippen molar-refractivity contribution >= 4 is 16.7 Å². The molecule has 2 aromatic carbocycles. The number of carboxylic acid groups (broad SMARTS) is 1. The predicted molar refractivity (Wildman–Crippen MR) is 82.4 cm³/mol. The van der Waals surface area contributed by atoms with Crippen LogP contribution in [0.1, 0.15) is 23.7 Å². The summed E-state index contributed by atoms with van der Waals surface area (Å²) >= 11 is 0. The van der Waals surface area contributed by atoms with Crippen LogP contribution in [-0.2, 0) is 6.54 Å². The number of aromatic nitrogens is 2. The molecule has 0 fully saturated rings. The van der Waals surface area contributed by atoms with Crippen LogP contribution < -0.4 is 0 Å². The van der Waals surface area contributed by atoms with Crippen LogP contribution in [0.5, 0.6) is 0 Å². The smallest absolute Gasteiger partial charge is 0.335 e. The fourth-order valence-corrected chi connectivity index (χ4v) is 2.52. The summed E-state index contributed by atoms with van der Waals surface area (Å²) in [6.45, 7) is 3.01. The quantitative estimate of drug-likeness (QED) is 0.790. The molecular weight excluding hydrogens is 264 g/mol. The lowest BCUT2D eigenvalue weighted by atomic mass is 9.99. The molecule has 0 aliphatic heterocycles. The van der Waals surface area contributed by atoms with Crippen LogP contribution in [0.25, 0.3) is 21.9 Å². The summed E-state index contributed by atoms with van der Waals surface area (Å²) in [5.74, 6) is -0.905. The summed E-state index contributed by atoms with van der Waals surface area (Å²) < 4.78 is 1.93. The second-order valence-electron chi connectivity index (χ2n) is 5.04. The molecule has 0 radical (unpaired) electrons. The number of hydrogen-bond acceptors (Lipinski definition) is 2. The van der Waals surface area contributed by atoms with Gasteiger partial charge in [-0.2, -0.15) is 5.10 Å². The molecule has 0 unspecified atom stereocenters. The number of fused-ring (bicyclic) bond motifs is 1. The Labute approximate surface area is 122 Å². The van der Waals surface area contributed by atoms with Crippen LogP contribution in [0.3, 0.4) is 0 Å². The van der Waals surface area contributed by atoms with Gasteiger partial charge in [-0.05, 0) is 34.9 Å². The molecule has 21 heavy (non-hydrogen) atoms. The highest BCUT2D eigenvalue weighted by Crippen LogP contribution is 2.29. The number of aromatic carboxylic acids is 1. The Morgan fingerprint density at radius 1 is 1.29 bits per heavy atom. The minimum absolute atomic E-state index is 0.307. The number of carboxylic acids is 1. The van der Waals surface area contributed by atoms with Crippen molar-refractivity contribution in [3.63, 3.8) is 0 Å². The van der Waals surface area contributed by atoms with E-state index in [1.165, 1.54) is 0 Å². The highest BCUT2D eigenvalue weighted by Gasteiger charge is 2.09. The fourth-order valence-electron chi connectivity index (χ4n) is 2.52. The van der Waals surface area contributed by atoms with Gasteiger partial charge in [0.2, 0.25) is 0 Å². The first-order valence-corrected chi connectivity index (χ1v) is 6.98. The number of rotatable bonds is 4. The second-order valence-corrected chi connectivity index (χ2v) is 5.04. The van der Waals surface area contributed by atoms with Crippen molar-refractivity contribution in [1.82, 2.24) is 9.78 Å². The molecular formula is C17H16N2O2. The normalized spacial score (nSPS) is 10.9. The third kappa shape index (κ3) is 2.52. The standard InChI is InChI=1S/C17H16N2O2/c1-2-8-19-11-14(10-18-19)15-5-3-4-12-9-13(17(20)21)6-7-16(12)15/h3-7,9-11H,2,8H2,1H3,(H,20,21). The summed E-state index contributed by atoms with van der Waals surface area (Å²) in [6.07, 6.45) is 4.93. The van der Waals surface area contributed by atoms with Gasteiger partial charge in [0, 0.05) is 18.3 Å². The van der Waals surface area contributed by atoms with Gasteiger partial charge in [-0.3, -0.25) is 4.68 Å². The molecule has 1 N–H and O–H groups in total. The van der Waals surface area contributed by atoms with Crippen molar-refractivity contribution in [3.05, 3.63) is 54.4 Å². The maximum Gasteiger partial charge on any atom is 0.335 e. The topological polar surface area (TPSA) is 55.1 Å². The Morgan fingerprint density at radius 2 is 2.14 bits per heavy atom. The van der Waals surface area contributed by atoms with E-state index in [2.05, 4.69) is 12.0 Å². The van der Waals surface area contributed by atoms with Gasteiger partial charge in [-0.1, -0.05) is 31.2 Å². The molecule has 0 saturated heterocycles. The van der Waals surface area contributed by atoms with Gasteiger partial charge < -0.3 is 5.11 Å². The van der Waals surface area contributed by atoms with E-state index in [0.29, 0.717) is 5.56 Å². The largest absolute Gasteiger partial charge is 0.478 e. The zero-order chi connectivity index (χ0) is 14.8. The van der Waals surface area contributed by atoms with E-state index < -0.39 is 5.97 Å².